The molecule has 0 radical (unpaired) electrons. The van der Waals surface area contributed by atoms with E-state index in [1.807, 2.05) is 0 Å². The highest BCUT2D eigenvalue weighted by molar-refractivity contribution is 7.80. The number of benzene rings is 1. The normalized spacial score (nSPS) is 9.13. The van der Waals surface area contributed by atoms with Crippen LogP contribution in [0.1, 0.15) is 12.0 Å². The smallest absolute Gasteiger partial charge is 0.310 e. The highest BCUT2D eigenvalue weighted by atomic mass is 32.1. The molecule has 15 heavy (non-hydrogen) atoms. The molecule has 0 fully saturated rings. The quantitative estimate of drug-likeness (QED) is 0.349. The van der Waals surface area contributed by atoms with Crippen molar-refractivity contribution in [1.29, 1.82) is 0 Å². The fourth-order valence-corrected chi connectivity index (χ4v) is 1.09. The van der Waals surface area contributed by atoms with Gasteiger partial charge in [0, 0.05) is 29.9 Å². The predicted molar refractivity (Wildman–Crippen MR) is 60.1 cm³/mol. The Morgan fingerprint density at radius 3 is 2.80 bits per heavy atom. The molecule has 0 amide bonds. The van der Waals surface area contributed by atoms with E-state index in [4.69, 9.17) is 0 Å². The van der Waals surface area contributed by atoms with E-state index in [1.54, 1.807) is 0 Å². The van der Waals surface area contributed by atoms with E-state index in [9.17, 15) is 15.2 Å². The van der Waals surface area contributed by atoms with Gasteiger partial charge in [-0.1, -0.05) is 11.8 Å². The molecule has 0 aliphatic carbocycles. The zero-order chi connectivity index (χ0) is 11.3. The van der Waals surface area contributed by atoms with E-state index in [1.165, 1.54) is 18.2 Å². The summed E-state index contributed by atoms with van der Waals surface area (Å²) < 4.78 is 0. The van der Waals surface area contributed by atoms with E-state index < -0.39 is 4.92 Å². The third-order valence-electron chi connectivity index (χ3n) is 1.64. The van der Waals surface area contributed by atoms with Gasteiger partial charge in [-0.15, -0.1) is 0 Å². The molecule has 0 spiro atoms. The van der Waals surface area contributed by atoms with Gasteiger partial charge in [-0.3, -0.25) is 10.1 Å². The number of thiol groups is 1. The summed E-state index contributed by atoms with van der Waals surface area (Å²) in [5.74, 6) is 5.89. The van der Waals surface area contributed by atoms with Gasteiger partial charge in [0.2, 0.25) is 0 Å². The van der Waals surface area contributed by atoms with Crippen LogP contribution in [0, 0.1) is 22.0 Å². The lowest BCUT2D eigenvalue weighted by Crippen LogP contribution is -1.88. The van der Waals surface area contributed by atoms with Crippen molar-refractivity contribution in [2.75, 3.05) is 5.75 Å². The second-order valence-corrected chi connectivity index (χ2v) is 3.18. The molecular weight excluding hydrogens is 214 g/mol. The van der Waals surface area contributed by atoms with Crippen LogP contribution < -0.4 is 0 Å². The van der Waals surface area contributed by atoms with Gasteiger partial charge in [-0.05, 0) is 6.07 Å². The van der Waals surface area contributed by atoms with Crippen LogP contribution >= 0.6 is 12.6 Å². The van der Waals surface area contributed by atoms with Crippen molar-refractivity contribution in [3.05, 3.63) is 33.9 Å². The Morgan fingerprint density at radius 2 is 2.27 bits per heavy atom. The summed E-state index contributed by atoms with van der Waals surface area (Å²) in [5, 5.41) is 19.7. The molecule has 78 valence electrons. The molecule has 0 unspecified atom stereocenters. The van der Waals surface area contributed by atoms with E-state index in [0.29, 0.717) is 17.7 Å². The van der Waals surface area contributed by atoms with Gasteiger partial charge in [0.1, 0.15) is 0 Å². The summed E-state index contributed by atoms with van der Waals surface area (Å²) in [4.78, 5) is 9.75. The molecule has 0 aromatic heterocycles. The molecule has 0 aliphatic rings. The van der Waals surface area contributed by atoms with Crippen molar-refractivity contribution in [3.63, 3.8) is 0 Å². The minimum absolute atomic E-state index is 0.310. The van der Waals surface area contributed by atoms with Crippen molar-refractivity contribution < 1.29 is 10.0 Å². The van der Waals surface area contributed by atoms with E-state index in [0.717, 1.165) is 0 Å². The Labute approximate surface area is 92.5 Å². The molecule has 0 heterocycles. The van der Waals surface area contributed by atoms with Gasteiger partial charge >= 0.3 is 5.69 Å². The summed E-state index contributed by atoms with van der Waals surface area (Å²) in [6.45, 7) is 0. The molecule has 4 nitrogen and oxygen atoms in total. The molecule has 5 heteroatoms. The van der Waals surface area contributed by atoms with Gasteiger partial charge in [0.15, 0.2) is 5.75 Å². The van der Waals surface area contributed by atoms with Gasteiger partial charge in [0.25, 0.3) is 0 Å². The lowest BCUT2D eigenvalue weighted by Gasteiger charge is -1.95. The highest BCUT2D eigenvalue weighted by Gasteiger charge is 2.11. The predicted octanol–water partition coefficient (Wildman–Crippen LogP) is 1.97. The fourth-order valence-electron chi connectivity index (χ4n) is 0.976. The van der Waals surface area contributed by atoms with Crippen molar-refractivity contribution in [1.82, 2.24) is 0 Å². The number of hydrogen-bond donors (Lipinski definition) is 2. The maximum absolute atomic E-state index is 10.4. The maximum atomic E-state index is 10.4. The maximum Gasteiger partial charge on any atom is 0.310 e. The Balaban J connectivity index is 2.93. The summed E-state index contributed by atoms with van der Waals surface area (Å²) in [6.07, 6.45) is 0.640. The first-order valence-electron chi connectivity index (χ1n) is 4.22. The molecular formula is C10H9NO3S. The number of rotatable bonds is 2. The van der Waals surface area contributed by atoms with Crippen LogP contribution in [0.15, 0.2) is 18.2 Å². The largest absolute Gasteiger partial charge is 0.502 e. The second-order valence-electron chi connectivity index (χ2n) is 2.74. The highest BCUT2D eigenvalue weighted by Crippen LogP contribution is 2.25. The third kappa shape index (κ3) is 3.18. The van der Waals surface area contributed by atoms with Gasteiger partial charge in [-0.2, -0.15) is 12.6 Å². The zero-order valence-electron chi connectivity index (χ0n) is 7.80. The molecule has 1 aromatic rings. The Kier molecular flexibility index (Phi) is 4.01. The van der Waals surface area contributed by atoms with Crippen molar-refractivity contribution in [3.8, 4) is 17.6 Å². The minimum atomic E-state index is -0.639. The van der Waals surface area contributed by atoms with Gasteiger partial charge < -0.3 is 5.11 Å². The van der Waals surface area contributed by atoms with Crippen LogP contribution in [0.4, 0.5) is 5.69 Å². The van der Waals surface area contributed by atoms with E-state index in [-0.39, 0.29) is 11.4 Å². The minimum Gasteiger partial charge on any atom is -0.502 e. The SMILES string of the molecule is O=[N+]([O-])c1ccc(C#CCCS)cc1O. The topological polar surface area (TPSA) is 63.4 Å². The van der Waals surface area contributed by atoms with Crippen LogP contribution in [0.2, 0.25) is 0 Å². The van der Waals surface area contributed by atoms with Crippen LogP contribution in [0.3, 0.4) is 0 Å². The molecule has 1 N–H and O–H groups in total. The molecule has 0 saturated carbocycles. The monoisotopic (exact) mass is 223 g/mol. The number of phenolic OH excluding ortho intramolecular Hbond substituents is 1. The van der Waals surface area contributed by atoms with Crippen LogP contribution in [0.5, 0.6) is 5.75 Å². The average Bonchev–Trinajstić information content (AvgIpc) is 2.17. The van der Waals surface area contributed by atoms with Crippen molar-refractivity contribution in [2.24, 2.45) is 0 Å². The van der Waals surface area contributed by atoms with Crippen molar-refractivity contribution in [2.45, 2.75) is 6.42 Å². The Morgan fingerprint density at radius 1 is 1.53 bits per heavy atom. The summed E-state index contributed by atoms with van der Waals surface area (Å²) >= 11 is 3.99. The fraction of sp³-hybridized carbons (Fsp3) is 0.200. The van der Waals surface area contributed by atoms with Gasteiger partial charge in [-0.25, -0.2) is 0 Å². The lowest BCUT2D eigenvalue weighted by atomic mass is 10.2. The second kappa shape index (κ2) is 5.27. The van der Waals surface area contributed by atoms with Crippen LogP contribution in [0.25, 0.3) is 0 Å². The first kappa shape index (κ1) is 11.4. The molecule has 1 aromatic carbocycles. The average molecular weight is 223 g/mol. The first-order chi connectivity index (χ1) is 7.15. The molecule has 0 bridgehead atoms. The molecule has 1 rings (SSSR count). The van der Waals surface area contributed by atoms with E-state index >= 15 is 0 Å². The standard InChI is InChI=1S/C10H9NO3S/c12-10-7-8(3-1-2-6-15)4-5-9(10)11(13)14/h4-5,7,12,15H,2,6H2. The van der Waals surface area contributed by atoms with E-state index in [2.05, 4.69) is 24.5 Å². The van der Waals surface area contributed by atoms with Crippen molar-refractivity contribution >= 4 is 18.3 Å². The first-order valence-corrected chi connectivity index (χ1v) is 4.85. The van der Waals surface area contributed by atoms with Gasteiger partial charge in [0.05, 0.1) is 4.92 Å². The number of hydrogen-bond acceptors (Lipinski definition) is 4. The Bertz CT molecular complexity index is 434. The van der Waals surface area contributed by atoms with Crippen LogP contribution in [-0.4, -0.2) is 15.8 Å². The molecule has 0 atom stereocenters. The third-order valence-corrected chi connectivity index (χ3v) is 1.87. The zero-order valence-corrected chi connectivity index (χ0v) is 8.70. The summed E-state index contributed by atoms with van der Waals surface area (Å²) in [7, 11) is 0. The summed E-state index contributed by atoms with van der Waals surface area (Å²) in [6, 6.07) is 4.02. The molecule has 0 aliphatic heterocycles. The number of phenols is 1. The number of aromatic hydroxyl groups is 1. The Hall–Kier alpha value is -1.67. The lowest BCUT2D eigenvalue weighted by molar-refractivity contribution is -0.385. The number of nitrogens with zero attached hydrogens (tertiary/aromatic N) is 1. The molecule has 0 saturated heterocycles. The number of nitro groups is 1. The van der Waals surface area contributed by atoms with Crippen LogP contribution in [-0.2, 0) is 0 Å². The number of nitro benzene ring substituents is 1. The summed E-state index contributed by atoms with van der Waals surface area (Å²) in [5.41, 5.74) is 0.245.